The summed E-state index contributed by atoms with van der Waals surface area (Å²) in [7, 11) is 2.09. The highest BCUT2D eigenvalue weighted by Gasteiger charge is 2.30. The minimum absolute atomic E-state index is 0.208. The van der Waals surface area contributed by atoms with Crippen molar-refractivity contribution in [2.75, 3.05) is 31.6 Å². The molecule has 1 aliphatic rings. The van der Waals surface area contributed by atoms with Crippen LogP contribution in [0, 0.1) is 27.7 Å². The maximum Gasteiger partial charge on any atom is 0.231 e. The van der Waals surface area contributed by atoms with E-state index in [9.17, 15) is 4.79 Å². The summed E-state index contributed by atoms with van der Waals surface area (Å²) in [6.45, 7) is 14.9. The van der Waals surface area contributed by atoms with Crippen LogP contribution >= 0.6 is 0 Å². The molecule has 1 amide bonds. The smallest absolute Gasteiger partial charge is 0.231 e. The molecule has 38 heavy (non-hydrogen) atoms. The molecular weight excluding hydrogens is 474 g/mol. The number of anilines is 1. The van der Waals surface area contributed by atoms with Crippen LogP contribution in [-0.2, 0) is 11.4 Å². The van der Waals surface area contributed by atoms with E-state index in [0.717, 1.165) is 70.4 Å². The van der Waals surface area contributed by atoms with E-state index < -0.39 is 0 Å². The number of aryl methyl sites for hydroxylation is 4. The van der Waals surface area contributed by atoms with Crippen LogP contribution in [0.3, 0.4) is 0 Å². The molecular formula is C31H41N5O2. The van der Waals surface area contributed by atoms with Crippen molar-refractivity contribution in [3.05, 3.63) is 69.9 Å². The molecule has 1 fully saturated rings. The molecule has 0 spiro atoms. The Balaban J connectivity index is 1.72. The maximum atomic E-state index is 11.5. The number of rotatable bonds is 9. The van der Waals surface area contributed by atoms with Gasteiger partial charge in [0.15, 0.2) is 5.82 Å². The number of hydrogen-bond donors (Lipinski definition) is 1. The lowest BCUT2D eigenvalue weighted by Crippen LogP contribution is -2.38. The Morgan fingerprint density at radius 1 is 1.11 bits per heavy atom. The van der Waals surface area contributed by atoms with Gasteiger partial charge >= 0.3 is 0 Å². The number of aromatic nitrogens is 2. The molecule has 0 saturated carbocycles. The normalized spacial score (nSPS) is 15.7. The number of hydrogen-bond acceptors (Lipinski definition) is 6. The first-order valence-corrected chi connectivity index (χ1v) is 13.5. The molecule has 202 valence electrons. The van der Waals surface area contributed by atoms with Crippen LogP contribution in [-0.4, -0.2) is 53.5 Å². The van der Waals surface area contributed by atoms with E-state index in [-0.39, 0.29) is 18.5 Å². The summed E-state index contributed by atoms with van der Waals surface area (Å²) in [5.41, 5.74) is 13.1. The van der Waals surface area contributed by atoms with Crippen LogP contribution in [0.25, 0.3) is 11.4 Å². The van der Waals surface area contributed by atoms with Gasteiger partial charge in [-0.2, -0.15) is 0 Å². The molecule has 0 unspecified atom stereocenters. The molecule has 0 bridgehead atoms. The van der Waals surface area contributed by atoms with E-state index in [0.29, 0.717) is 12.5 Å². The fourth-order valence-electron chi connectivity index (χ4n) is 5.27. The number of ether oxygens (including phenoxy) is 1. The third kappa shape index (κ3) is 5.99. The second-order valence-electron chi connectivity index (χ2n) is 10.9. The number of likely N-dealkylation sites (N-methyl/N-ethyl adjacent to an activating group) is 1. The van der Waals surface area contributed by atoms with Crippen molar-refractivity contribution in [3.63, 3.8) is 0 Å². The number of primary amides is 1. The first kappa shape index (κ1) is 27.6. The summed E-state index contributed by atoms with van der Waals surface area (Å²) in [5, 5.41) is 0. The van der Waals surface area contributed by atoms with Crippen LogP contribution in [0.2, 0.25) is 0 Å². The maximum absolute atomic E-state index is 11.5. The lowest BCUT2D eigenvalue weighted by Gasteiger charge is -2.29. The summed E-state index contributed by atoms with van der Waals surface area (Å²) in [6.07, 6.45) is 0.932. The molecule has 2 N–H and O–H groups in total. The third-order valence-electron chi connectivity index (χ3n) is 7.66. The van der Waals surface area contributed by atoms with Crippen molar-refractivity contribution in [2.45, 2.75) is 66.5 Å². The van der Waals surface area contributed by atoms with Crippen LogP contribution < -0.4 is 15.4 Å². The van der Waals surface area contributed by atoms with Crippen molar-refractivity contribution < 1.29 is 9.53 Å². The average molecular weight is 516 g/mol. The summed E-state index contributed by atoms with van der Waals surface area (Å²) in [4.78, 5) is 26.0. The number of likely N-dealkylation sites (tertiary alicyclic amines) is 1. The van der Waals surface area contributed by atoms with Gasteiger partial charge in [-0.1, -0.05) is 44.2 Å². The van der Waals surface area contributed by atoms with Crippen LogP contribution in [0.15, 0.2) is 36.4 Å². The Bertz CT molecular complexity index is 1300. The van der Waals surface area contributed by atoms with E-state index in [1.807, 2.05) is 6.92 Å². The van der Waals surface area contributed by atoms with Crippen molar-refractivity contribution in [1.29, 1.82) is 0 Å². The fraction of sp³-hybridized carbons (Fsp3) is 0.452. The Hall–Kier alpha value is -3.45. The van der Waals surface area contributed by atoms with Gasteiger partial charge in [0.05, 0.1) is 17.8 Å². The van der Waals surface area contributed by atoms with E-state index in [4.69, 9.17) is 20.4 Å². The molecule has 7 heteroatoms. The average Bonchev–Trinajstić information content (AvgIpc) is 3.31. The Labute approximate surface area is 227 Å². The zero-order valence-corrected chi connectivity index (χ0v) is 23.8. The molecule has 1 saturated heterocycles. The van der Waals surface area contributed by atoms with Crippen molar-refractivity contribution in [1.82, 2.24) is 14.9 Å². The molecule has 0 aliphatic carbocycles. The number of carbonyl (C=O) groups is 1. The monoisotopic (exact) mass is 515 g/mol. The van der Waals surface area contributed by atoms with Gasteiger partial charge in [0.2, 0.25) is 5.91 Å². The number of nitrogens with two attached hydrogens (primary N) is 1. The quantitative estimate of drug-likeness (QED) is 0.428. The summed E-state index contributed by atoms with van der Waals surface area (Å²) in [5.74, 6) is 2.62. The predicted octanol–water partition coefficient (Wildman–Crippen LogP) is 5.08. The van der Waals surface area contributed by atoms with Gasteiger partial charge in [-0.05, 0) is 68.4 Å². The summed E-state index contributed by atoms with van der Waals surface area (Å²) in [6, 6.07) is 12.9. The molecule has 3 aromatic rings. The molecule has 1 aromatic heterocycles. The van der Waals surface area contributed by atoms with Gasteiger partial charge in [-0.25, -0.2) is 9.97 Å². The van der Waals surface area contributed by atoms with Crippen LogP contribution in [0.4, 0.5) is 5.82 Å². The van der Waals surface area contributed by atoms with Gasteiger partial charge in [-0.15, -0.1) is 0 Å². The largest absolute Gasteiger partial charge is 0.488 e. The van der Waals surface area contributed by atoms with Gasteiger partial charge < -0.3 is 15.4 Å². The zero-order valence-electron chi connectivity index (χ0n) is 23.8. The van der Waals surface area contributed by atoms with E-state index >= 15 is 0 Å². The number of amides is 1. The second kappa shape index (κ2) is 11.5. The summed E-state index contributed by atoms with van der Waals surface area (Å²) >= 11 is 0. The Kier molecular flexibility index (Phi) is 8.36. The zero-order chi connectivity index (χ0) is 27.6. The standard InChI is InChI=1S/C31H41N5O2/c1-19(2)24-12-11-20(3)27(15-24)38-18-26-23(6)33-30(29-21(4)9-8-10-22(29)5)34-31(26)35(7)25-13-14-36(16-25)17-28(32)37/h8-12,15,19,25H,13-14,16-18H2,1-7H3,(H2,32,37)/t25-/m1/s1. The molecule has 2 heterocycles. The number of nitrogens with zero attached hydrogens (tertiary/aromatic N) is 4. The molecule has 2 aromatic carbocycles. The molecule has 4 rings (SSSR count). The predicted molar refractivity (Wildman–Crippen MR) is 154 cm³/mol. The first-order valence-electron chi connectivity index (χ1n) is 13.5. The minimum atomic E-state index is -0.295. The van der Waals surface area contributed by atoms with Gasteiger partial charge in [0.1, 0.15) is 18.2 Å². The molecule has 7 nitrogen and oxygen atoms in total. The highest BCUT2D eigenvalue weighted by atomic mass is 16.5. The van der Waals surface area contributed by atoms with Crippen molar-refractivity contribution >= 4 is 11.7 Å². The molecule has 1 aliphatic heterocycles. The number of benzene rings is 2. The van der Waals surface area contributed by atoms with Gasteiger partial charge in [-0.3, -0.25) is 9.69 Å². The lowest BCUT2D eigenvalue weighted by molar-refractivity contribution is -0.118. The van der Waals surface area contributed by atoms with Gasteiger partial charge in [0.25, 0.3) is 0 Å². The topological polar surface area (TPSA) is 84.6 Å². The van der Waals surface area contributed by atoms with E-state index in [2.05, 4.69) is 87.9 Å². The summed E-state index contributed by atoms with van der Waals surface area (Å²) < 4.78 is 6.44. The highest BCUT2D eigenvalue weighted by Crippen LogP contribution is 2.32. The minimum Gasteiger partial charge on any atom is -0.488 e. The van der Waals surface area contributed by atoms with Crippen molar-refractivity contribution in [3.8, 4) is 17.1 Å². The van der Waals surface area contributed by atoms with E-state index in [1.165, 1.54) is 5.56 Å². The van der Waals surface area contributed by atoms with Crippen molar-refractivity contribution in [2.24, 2.45) is 5.73 Å². The number of carbonyl (C=O) groups excluding carboxylic acids is 1. The second-order valence-corrected chi connectivity index (χ2v) is 10.9. The third-order valence-corrected chi connectivity index (χ3v) is 7.66. The molecule has 1 atom stereocenters. The van der Waals surface area contributed by atoms with E-state index in [1.54, 1.807) is 0 Å². The highest BCUT2D eigenvalue weighted by molar-refractivity contribution is 5.76. The lowest BCUT2D eigenvalue weighted by atomic mass is 10.0. The Morgan fingerprint density at radius 2 is 1.82 bits per heavy atom. The first-order chi connectivity index (χ1) is 18.0. The van der Waals surface area contributed by atoms with Gasteiger partial charge in [0, 0.05) is 31.7 Å². The molecule has 0 radical (unpaired) electrons. The fourth-order valence-corrected chi connectivity index (χ4v) is 5.27. The SMILES string of the molecule is Cc1ccc(C(C)C)cc1OCc1c(C)nc(-c2c(C)cccc2C)nc1N(C)[C@@H]1CCN(CC(N)=O)C1. The van der Waals surface area contributed by atoms with Crippen LogP contribution in [0.1, 0.15) is 59.7 Å². The Morgan fingerprint density at radius 3 is 2.47 bits per heavy atom. The van der Waals surface area contributed by atoms with Crippen LogP contribution in [0.5, 0.6) is 5.75 Å².